The van der Waals surface area contributed by atoms with Crippen LogP contribution in [0.4, 0.5) is 11.6 Å². The van der Waals surface area contributed by atoms with E-state index in [0.717, 1.165) is 41.2 Å². The largest absolute Gasteiger partial charge is 0.383 e. The van der Waals surface area contributed by atoms with Crippen molar-refractivity contribution in [2.24, 2.45) is 5.92 Å². The molecule has 2 atom stereocenters. The second kappa shape index (κ2) is 7.29. The Kier molecular flexibility index (Phi) is 4.59. The molecule has 0 saturated heterocycles. The smallest absolute Gasteiger partial charge is 0.146 e. The second-order valence-electron chi connectivity index (χ2n) is 8.05. The van der Waals surface area contributed by atoms with Crippen LogP contribution in [0.3, 0.4) is 0 Å². The fourth-order valence-electron chi connectivity index (χ4n) is 4.43. The highest BCUT2D eigenvalue weighted by atomic mass is 35.5. The number of aromatic nitrogens is 4. The molecule has 3 aromatic heterocycles. The maximum atomic E-state index is 6.09. The first-order valence-corrected chi connectivity index (χ1v) is 10.5. The van der Waals surface area contributed by atoms with Crippen LogP contribution in [0, 0.1) is 5.92 Å². The molecule has 4 aromatic rings. The number of allylic oxidation sites excluding steroid dienone is 2. The first-order chi connectivity index (χ1) is 14.5. The van der Waals surface area contributed by atoms with E-state index in [2.05, 4.69) is 56.9 Å². The summed E-state index contributed by atoms with van der Waals surface area (Å²) in [6.45, 7) is 2.29. The number of hydrogen-bond acceptors (Lipinski definition) is 5. The molecule has 1 aromatic carbocycles. The van der Waals surface area contributed by atoms with Crippen molar-refractivity contribution in [1.29, 1.82) is 0 Å². The molecule has 0 aliphatic heterocycles. The maximum Gasteiger partial charge on any atom is 0.146 e. The third-order valence-corrected chi connectivity index (χ3v) is 6.37. The van der Waals surface area contributed by atoms with E-state index in [9.17, 15) is 0 Å². The molecule has 6 nitrogen and oxygen atoms in total. The molecule has 1 aliphatic rings. The lowest BCUT2D eigenvalue weighted by atomic mass is 9.92. The summed E-state index contributed by atoms with van der Waals surface area (Å²) >= 11 is 6.09. The molecule has 0 saturated carbocycles. The van der Waals surface area contributed by atoms with Crippen LogP contribution in [0.25, 0.3) is 21.9 Å². The number of benzene rings is 1. The topological polar surface area (TPSA) is 95.6 Å². The molecule has 1 aliphatic carbocycles. The van der Waals surface area contributed by atoms with Gasteiger partial charge in [-0.2, -0.15) is 0 Å². The van der Waals surface area contributed by atoms with Crippen molar-refractivity contribution in [3.63, 3.8) is 0 Å². The first-order valence-electron chi connectivity index (χ1n) is 10.1. The fourth-order valence-corrected chi connectivity index (χ4v) is 4.59. The number of nitrogens with two attached hydrogens (primary N) is 2. The van der Waals surface area contributed by atoms with E-state index in [1.54, 1.807) is 0 Å². The minimum Gasteiger partial charge on any atom is -0.383 e. The van der Waals surface area contributed by atoms with E-state index in [0.29, 0.717) is 28.6 Å². The van der Waals surface area contributed by atoms with Crippen molar-refractivity contribution < 1.29 is 0 Å². The third kappa shape index (κ3) is 3.27. The summed E-state index contributed by atoms with van der Waals surface area (Å²) < 4.78 is 2.21. The van der Waals surface area contributed by atoms with Crippen LogP contribution in [-0.2, 0) is 6.42 Å². The number of nitrogen functional groups attached to an aromatic ring is 2. The molecular formula is C23H23ClN6. The highest BCUT2D eigenvalue weighted by molar-refractivity contribution is 6.33. The standard InChI is InChI=1S/C23H23ClN6/c1-13(8-14-2-3-16-11-19(24)22(26)29-20(16)9-14)15-4-5-17(10-15)30-7-6-18-21(25)27-12-28-23(18)30/h2-3,6-7,9-13,17H,4-5,8H2,1H3,(H2,26,29)(H2,25,27,28). The first kappa shape index (κ1) is 18.9. The van der Waals surface area contributed by atoms with Gasteiger partial charge < -0.3 is 16.0 Å². The van der Waals surface area contributed by atoms with Crippen molar-refractivity contribution >= 4 is 45.2 Å². The van der Waals surface area contributed by atoms with Crippen molar-refractivity contribution in [3.8, 4) is 0 Å². The number of fused-ring (bicyclic) bond motifs is 2. The lowest BCUT2D eigenvalue weighted by Crippen LogP contribution is -2.04. The van der Waals surface area contributed by atoms with Gasteiger partial charge in [-0.3, -0.25) is 0 Å². The summed E-state index contributed by atoms with van der Waals surface area (Å²) in [4.78, 5) is 13.0. The predicted molar refractivity (Wildman–Crippen MR) is 122 cm³/mol. The molecule has 0 amide bonds. The SMILES string of the molecule is CC(Cc1ccc2cc(Cl)c(N)nc2c1)C1=CC(n2ccc3c(N)ncnc32)CC1. The van der Waals surface area contributed by atoms with Gasteiger partial charge in [0, 0.05) is 11.6 Å². The number of nitrogens with zero attached hydrogens (tertiary/aromatic N) is 4. The van der Waals surface area contributed by atoms with Crippen molar-refractivity contribution in [2.45, 2.75) is 32.2 Å². The minimum atomic E-state index is 0.300. The normalized spacial score (nSPS) is 17.5. The molecule has 0 spiro atoms. The van der Waals surface area contributed by atoms with Gasteiger partial charge in [-0.15, -0.1) is 0 Å². The van der Waals surface area contributed by atoms with Crippen LogP contribution >= 0.6 is 11.6 Å². The zero-order valence-corrected chi connectivity index (χ0v) is 17.5. The highest BCUT2D eigenvalue weighted by Gasteiger charge is 2.23. The van der Waals surface area contributed by atoms with E-state index in [1.165, 1.54) is 17.5 Å². The van der Waals surface area contributed by atoms with Gasteiger partial charge in [0.25, 0.3) is 0 Å². The molecule has 30 heavy (non-hydrogen) atoms. The van der Waals surface area contributed by atoms with Crippen LogP contribution < -0.4 is 11.5 Å². The highest BCUT2D eigenvalue weighted by Crippen LogP contribution is 2.36. The zero-order valence-electron chi connectivity index (χ0n) is 16.7. The van der Waals surface area contributed by atoms with E-state index in [-0.39, 0.29) is 0 Å². The summed E-state index contributed by atoms with van der Waals surface area (Å²) in [5, 5.41) is 2.41. The Balaban J connectivity index is 1.37. The van der Waals surface area contributed by atoms with Crippen molar-refractivity contribution in [2.75, 3.05) is 11.5 Å². The lowest BCUT2D eigenvalue weighted by molar-refractivity contribution is 0.595. The van der Waals surface area contributed by atoms with Crippen LogP contribution in [-0.4, -0.2) is 19.5 Å². The molecule has 152 valence electrons. The van der Waals surface area contributed by atoms with Gasteiger partial charge in [0.2, 0.25) is 0 Å². The Hall–Kier alpha value is -3.12. The summed E-state index contributed by atoms with van der Waals surface area (Å²) in [6, 6.07) is 10.5. The van der Waals surface area contributed by atoms with Gasteiger partial charge in [0.15, 0.2) is 0 Å². The Bertz CT molecular complexity index is 1290. The molecule has 7 heteroatoms. The van der Waals surface area contributed by atoms with Gasteiger partial charge in [0.1, 0.15) is 23.6 Å². The molecule has 4 N–H and O–H groups in total. The monoisotopic (exact) mass is 418 g/mol. The number of rotatable bonds is 4. The van der Waals surface area contributed by atoms with Crippen molar-refractivity contribution in [1.82, 2.24) is 19.5 Å². The Morgan fingerprint density at radius 3 is 2.90 bits per heavy atom. The summed E-state index contributed by atoms with van der Waals surface area (Å²) in [5.41, 5.74) is 16.4. The molecule has 5 rings (SSSR count). The number of hydrogen-bond donors (Lipinski definition) is 2. The average molecular weight is 419 g/mol. The molecular weight excluding hydrogens is 396 g/mol. The van der Waals surface area contributed by atoms with Crippen LogP contribution in [0.2, 0.25) is 5.02 Å². The van der Waals surface area contributed by atoms with Gasteiger partial charge >= 0.3 is 0 Å². The Morgan fingerprint density at radius 1 is 1.17 bits per heavy atom. The molecule has 3 heterocycles. The second-order valence-corrected chi connectivity index (χ2v) is 8.46. The minimum absolute atomic E-state index is 0.300. The quantitative estimate of drug-likeness (QED) is 0.458. The van der Waals surface area contributed by atoms with Gasteiger partial charge in [-0.1, -0.05) is 42.3 Å². The Labute approximate surface area is 179 Å². The van der Waals surface area contributed by atoms with Gasteiger partial charge in [0.05, 0.1) is 22.0 Å². The van der Waals surface area contributed by atoms with E-state index < -0.39 is 0 Å². The van der Waals surface area contributed by atoms with Crippen LogP contribution in [0.15, 0.2) is 54.5 Å². The fraction of sp³-hybridized carbons (Fsp3) is 0.261. The average Bonchev–Trinajstić information content (AvgIpc) is 3.37. The number of halogens is 1. The maximum absolute atomic E-state index is 6.09. The zero-order chi connectivity index (χ0) is 20.8. The van der Waals surface area contributed by atoms with E-state index >= 15 is 0 Å². The molecule has 0 fully saturated rings. The van der Waals surface area contributed by atoms with E-state index in [4.69, 9.17) is 23.1 Å². The van der Waals surface area contributed by atoms with E-state index in [1.807, 2.05) is 12.1 Å². The molecule has 2 unspecified atom stereocenters. The number of pyridine rings is 1. The number of anilines is 2. The molecule has 0 radical (unpaired) electrons. The van der Waals surface area contributed by atoms with Gasteiger partial charge in [-0.25, -0.2) is 15.0 Å². The van der Waals surface area contributed by atoms with Gasteiger partial charge in [-0.05, 0) is 48.9 Å². The summed E-state index contributed by atoms with van der Waals surface area (Å²) in [7, 11) is 0. The lowest BCUT2D eigenvalue weighted by Gasteiger charge is -2.13. The van der Waals surface area contributed by atoms with Crippen LogP contribution in [0.1, 0.15) is 31.4 Å². The summed E-state index contributed by atoms with van der Waals surface area (Å²) in [6.07, 6.45) is 9.10. The molecule has 0 bridgehead atoms. The third-order valence-electron chi connectivity index (χ3n) is 6.07. The van der Waals surface area contributed by atoms with Crippen molar-refractivity contribution in [3.05, 3.63) is 65.1 Å². The van der Waals surface area contributed by atoms with Crippen LogP contribution in [0.5, 0.6) is 0 Å². The summed E-state index contributed by atoms with van der Waals surface area (Å²) in [5.74, 6) is 1.35. The predicted octanol–water partition coefficient (Wildman–Crippen LogP) is 4.94. The Morgan fingerprint density at radius 2 is 2.03 bits per heavy atom.